The highest BCUT2D eigenvalue weighted by Gasteiger charge is 2.86. The van der Waals surface area contributed by atoms with Gasteiger partial charge in [0.2, 0.25) is 0 Å². The standard InChI is InChI=1S/C23H26N4O5/c1-25-13-21(19(28)31-3)17(15-9-5-7-11-24-15)26(2)18-16-10-6-8-12-27(16)23(21,30)22(18,14-25)20(29)32-4/h5-12,17-18H,13-14H2,1-4H3. The zero-order valence-corrected chi connectivity index (χ0v) is 18.5. The van der Waals surface area contributed by atoms with Crippen LogP contribution in [0.25, 0.3) is 0 Å². The molecule has 0 N–H and O–H groups in total. The van der Waals surface area contributed by atoms with E-state index in [4.69, 9.17) is 9.47 Å². The largest absolute Gasteiger partial charge is 0.793 e. The lowest BCUT2D eigenvalue weighted by Gasteiger charge is -2.66. The number of carbonyl (C=O) groups excluding carboxylic acids is 2. The quantitative estimate of drug-likeness (QED) is 0.462. The molecule has 5 heterocycles. The van der Waals surface area contributed by atoms with Gasteiger partial charge in [0.1, 0.15) is 11.8 Å². The average molecular weight is 438 g/mol. The van der Waals surface area contributed by atoms with Crippen molar-refractivity contribution in [1.82, 2.24) is 14.8 Å². The Bertz CT molecular complexity index is 1100. The first kappa shape index (κ1) is 21.0. The monoisotopic (exact) mass is 438 g/mol. The maximum atomic E-state index is 15.5. The molecule has 2 aromatic heterocycles. The maximum absolute atomic E-state index is 15.5. The number of rotatable bonds is 3. The fourth-order valence-corrected chi connectivity index (χ4v) is 6.76. The van der Waals surface area contributed by atoms with E-state index < -0.39 is 40.6 Å². The molecule has 5 rings (SSSR count). The van der Waals surface area contributed by atoms with E-state index in [1.165, 1.54) is 14.2 Å². The van der Waals surface area contributed by atoms with E-state index >= 15 is 5.11 Å². The highest BCUT2D eigenvalue weighted by molar-refractivity contribution is 5.86. The van der Waals surface area contributed by atoms with Crippen molar-refractivity contribution in [3.05, 3.63) is 60.2 Å². The third-order valence-electron chi connectivity index (χ3n) is 7.57. The molecule has 3 aliphatic heterocycles. The fourth-order valence-electron chi connectivity index (χ4n) is 6.76. The number of methoxy groups -OCH3 is 2. The van der Waals surface area contributed by atoms with E-state index in [1.54, 1.807) is 29.1 Å². The van der Waals surface area contributed by atoms with Crippen LogP contribution in [0.1, 0.15) is 23.5 Å². The van der Waals surface area contributed by atoms with E-state index in [1.807, 2.05) is 48.2 Å². The second-order valence-corrected chi connectivity index (χ2v) is 8.96. The highest BCUT2D eigenvalue weighted by Crippen LogP contribution is 2.68. The predicted octanol–water partition coefficient (Wildman–Crippen LogP) is -0.612. The van der Waals surface area contributed by atoms with Gasteiger partial charge < -0.3 is 19.5 Å². The summed E-state index contributed by atoms with van der Waals surface area (Å²) in [5.41, 5.74) is -4.20. The Morgan fingerprint density at radius 3 is 2.25 bits per heavy atom. The van der Waals surface area contributed by atoms with E-state index in [-0.39, 0.29) is 13.1 Å². The van der Waals surface area contributed by atoms with Gasteiger partial charge >= 0.3 is 11.9 Å². The normalized spacial score (nSPS) is 35.8. The molecule has 2 aromatic rings. The van der Waals surface area contributed by atoms with Crippen molar-refractivity contribution in [3.63, 3.8) is 0 Å². The number of nitrogens with zero attached hydrogens (tertiary/aromatic N) is 4. The van der Waals surface area contributed by atoms with Gasteiger partial charge in [0.15, 0.2) is 22.7 Å². The minimum atomic E-state index is -2.19. The zero-order valence-electron chi connectivity index (χ0n) is 18.5. The van der Waals surface area contributed by atoms with Crippen LogP contribution in [0.15, 0.2) is 48.8 Å². The van der Waals surface area contributed by atoms with E-state index in [2.05, 4.69) is 4.98 Å². The number of hydrogen-bond donors (Lipinski definition) is 0. The van der Waals surface area contributed by atoms with Gasteiger partial charge in [-0.1, -0.05) is 12.1 Å². The molecule has 3 aliphatic rings. The molecule has 9 heteroatoms. The van der Waals surface area contributed by atoms with Crippen molar-refractivity contribution in [2.75, 3.05) is 41.4 Å². The van der Waals surface area contributed by atoms with Gasteiger partial charge in [0, 0.05) is 31.4 Å². The lowest BCUT2D eigenvalue weighted by molar-refractivity contribution is -0.923. The SMILES string of the molecule is COC(=O)C12CN(C)CC3(C(=O)OC)C(c4cccc[n+]4C13[O-])N(C)C2c1ccccn1. The van der Waals surface area contributed by atoms with Crippen LogP contribution in [0.5, 0.6) is 0 Å². The summed E-state index contributed by atoms with van der Waals surface area (Å²) in [5.74, 6) is -1.30. The van der Waals surface area contributed by atoms with Crippen molar-refractivity contribution in [1.29, 1.82) is 0 Å². The van der Waals surface area contributed by atoms with Gasteiger partial charge in [-0.3, -0.25) is 19.5 Å². The first-order valence-electron chi connectivity index (χ1n) is 10.5. The molecule has 0 aromatic carbocycles. The van der Waals surface area contributed by atoms with Crippen LogP contribution < -0.4 is 9.67 Å². The highest BCUT2D eigenvalue weighted by atomic mass is 16.5. The first-order chi connectivity index (χ1) is 15.3. The summed E-state index contributed by atoms with van der Waals surface area (Å²) in [7, 11) is 6.22. The molecule has 0 aliphatic carbocycles. The van der Waals surface area contributed by atoms with E-state index in [9.17, 15) is 9.59 Å². The van der Waals surface area contributed by atoms with Gasteiger partial charge in [0.05, 0.1) is 26.0 Å². The molecule has 0 spiro atoms. The Balaban J connectivity index is 1.95. The number of piperidine rings is 2. The Labute approximate surface area is 186 Å². The zero-order chi connectivity index (χ0) is 22.9. The average Bonchev–Trinajstić information content (AvgIpc) is 3.00. The lowest BCUT2D eigenvalue weighted by Crippen LogP contribution is -2.89. The van der Waals surface area contributed by atoms with Gasteiger partial charge in [-0.2, -0.15) is 0 Å². The van der Waals surface area contributed by atoms with Crippen LogP contribution in [0.2, 0.25) is 0 Å². The van der Waals surface area contributed by atoms with Crippen molar-refractivity contribution in [2.24, 2.45) is 10.8 Å². The molecule has 0 radical (unpaired) electrons. The second-order valence-electron chi connectivity index (χ2n) is 8.96. The molecular weight excluding hydrogens is 412 g/mol. The molecular formula is C23H26N4O5. The summed E-state index contributed by atoms with van der Waals surface area (Å²) in [6.45, 7) is 0.245. The molecule has 9 nitrogen and oxygen atoms in total. The Morgan fingerprint density at radius 2 is 1.66 bits per heavy atom. The lowest BCUT2D eigenvalue weighted by atomic mass is 9.51. The minimum absolute atomic E-state index is 0.0988. The molecule has 4 bridgehead atoms. The number of pyridine rings is 2. The molecule has 5 atom stereocenters. The topological polar surface area (TPSA) is 98.9 Å². The molecule has 0 amide bonds. The van der Waals surface area contributed by atoms with Gasteiger partial charge in [-0.15, -0.1) is 0 Å². The number of fused-ring (bicyclic) bond motifs is 2. The summed E-state index contributed by atoms with van der Waals surface area (Å²) in [6.07, 6.45) is 3.31. The van der Waals surface area contributed by atoms with Crippen LogP contribution in [-0.2, 0) is 24.8 Å². The first-order valence-corrected chi connectivity index (χ1v) is 10.5. The Hall–Kier alpha value is -2.88. The molecule has 5 unspecified atom stereocenters. The van der Waals surface area contributed by atoms with Crippen LogP contribution in [-0.4, -0.2) is 68.1 Å². The number of hydrogen-bond acceptors (Lipinski definition) is 8. The molecule has 0 saturated carbocycles. The molecule has 168 valence electrons. The van der Waals surface area contributed by atoms with E-state index in [0.717, 1.165) is 0 Å². The fraction of sp³-hybridized carbons (Fsp3) is 0.478. The van der Waals surface area contributed by atoms with E-state index in [0.29, 0.717) is 11.4 Å². The van der Waals surface area contributed by atoms with Crippen LogP contribution >= 0.6 is 0 Å². The summed E-state index contributed by atoms with van der Waals surface area (Å²) in [6, 6.07) is 9.50. The summed E-state index contributed by atoms with van der Waals surface area (Å²) in [5, 5.41) is 15.5. The Kier molecular flexibility index (Phi) is 4.47. The minimum Gasteiger partial charge on any atom is -0.793 e. The molecule has 2 fully saturated rings. The van der Waals surface area contributed by atoms with Gasteiger partial charge in [0.25, 0.3) is 0 Å². The van der Waals surface area contributed by atoms with Crippen molar-refractivity contribution >= 4 is 11.9 Å². The number of ether oxygens (including phenoxy) is 2. The summed E-state index contributed by atoms with van der Waals surface area (Å²) in [4.78, 5) is 35.7. The van der Waals surface area contributed by atoms with Crippen LogP contribution in [0.4, 0.5) is 0 Å². The second kappa shape index (κ2) is 6.81. The van der Waals surface area contributed by atoms with Gasteiger partial charge in [-0.05, 0) is 26.2 Å². The maximum Gasteiger partial charge on any atom is 0.321 e. The van der Waals surface area contributed by atoms with Crippen molar-refractivity contribution in [2.45, 2.75) is 17.8 Å². The Morgan fingerprint density at radius 1 is 1.03 bits per heavy atom. The number of carbonyl (C=O) groups is 2. The number of aromatic nitrogens is 2. The van der Waals surface area contributed by atoms with Crippen molar-refractivity contribution in [3.8, 4) is 0 Å². The number of esters is 2. The molecule has 2 saturated heterocycles. The number of likely N-dealkylation sites (tertiary alicyclic amines) is 2. The van der Waals surface area contributed by atoms with Crippen molar-refractivity contribution < 1.29 is 28.7 Å². The predicted molar refractivity (Wildman–Crippen MR) is 108 cm³/mol. The van der Waals surface area contributed by atoms with Crippen LogP contribution in [0.3, 0.4) is 0 Å². The molecule has 32 heavy (non-hydrogen) atoms. The summed E-state index contributed by atoms with van der Waals surface area (Å²) < 4.78 is 12.2. The summed E-state index contributed by atoms with van der Waals surface area (Å²) >= 11 is 0. The van der Waals surface area contributed by atoms with Gasteiger partial charge in [-0.25, -0.2) is 4.57 Å². The third-order valence-corrected chi connectivity index (χ3v) is 7.57. The third kappa shape index (κ3) is 2.09. The smallest absolute Gasteiger partial charge is 0.321 e. The van der Waals surface area contributed by atoms with Crippen LogP contribution in [0, 0.1) is 10.8 Å².